The Hall–Kier alpha value is -3.98. The second-order valence-electron chi connectivity index (χ2n) is 8.99. The van der Waals surface area contributed by atoms with Gasteiger partial charge in [-0.2, -0.15) is 0 Å². The Labute approximate surface area is 201 Å². The molecule has 35 heavy (non-hydrogen) atoms. The number of nitrogens with zero attached hydrogens (tertiary/aromatic N) is 5. The fraction of sp³-hybridized carbons (Fsp3) is 0.269. The maximum absolute atomic E-state index is 13.3. The number of hydrogen-bond acceptors (Lipinski definition) is 5. The van der Waals surface area contributed by atoms with E-state index in [1.165, 1.54) is 24.7 Å². The first-order valence-electron chi connectivity index (χ1n) is 11.6. The van der Waals surface area contributed by atoms with Crippen LogP contribution in [0.25, 0.3) is 16.6 Å². The van der Waals surface area contributed by atoms with Crippen LogP contribution in [0.15, 0.2) is 71.7 Å². The molecule has 0 atom stereocenters. The Morgan fingerprint density at radius 2 is 1.69 bits per heavy atom. The summed E-state index contributed by atoms with van der Waals surface area (Å²) < 4.78 is 20.4. The number of likely N-dealkylation sites (tertiary alicyclic amines) is 1. The molecule has 2 saturated heterocycles. The van der Waals surface area contributed by atoms with E-state index < -0.39 is 0 Å². The predicted molar refractivity (Wildman–Crippen MR) is 127 cm³/mol. The Bertz CT molecular complexity index is 1370. The van der Waals surface area contributed by atoms with E-state index in [2.05, 4.69) is 9.88 Å². The highest BCUT2D eigenvalue weighted by molar-refractivity contribution is 5.99. The molecule has 4 aromatic rings. The van der Waals surface area contributed by atoms with Crippen LogP contribution in [-0.4, -0.2) is 81.4 Å². The predicted octanol–water partition coefficient (Wildman–Crippen LogP) is 3.04. The third-order valence-corrected chi connectivity index (χ3v) is 6.95. The van der Waals surface area contributed by atoms with Crippen molar-refractivity contribution in [3.63, 3.8) is 0 Å². The van der Waals surface area contributed by atoms with Gasteiger partial charge in [-0.15, -0.1) is 0 Å². The Morgan fingerprint density at radius 1 is 0.914 bits per heavy atom. The summed E-state index contributed by atoms with van der Waals surface area (Å²) in [6, 6.07) is 14.3. The van der Waals surface area contributed by atoms with Crippen LogP contribution in [0, 0.1) is 5.82 Å². The van der Waals surface area contributed by atoms with Crippen molar-refractivity contribution in [2.24, 2.45) is 0 Å². The van der Waals surface area contributed by atoms with Crippen LogP contribution in [0.3, 0.4) is 0 Å². The van der Waals surface area contributed by atoms with E-state index in [0.717, 1.165) is 29.7 Å². The van der Waals surface area contributed by atoms with Crippen LogP contribution in [-0.2, 0) is 0 Å². The van der Waals surface area contributed by atoms with Crippen molar-refractivity contribution in [1.29, 1.82) is 0 Å². The van der Waals surface area contributed by atoms with Crippen molar-refractivity contribution < 1.29 is 18.4 Å². The van der Waals surface area contributed by atoms with Gasteiger partial charge in [0.25, 0.3) is 11.8 Å². The van der Waals surface area contributed by atoms with Crippen LogP contribution >= 0.6 is 0 Å². The maximum atomic E-state index is 13.3. The topological polar surface area (TPSA) is 74.8 Å². The number of aromatic nitrogens is 2. The first-order valence-corrected chi connectivity index (χ1v) is 11.6. The van der Waals surface area contributed by atoms with Gasteiger partial charge in [0.2, 0.25) is 5.76 Å². The van der Waals surface area contributed by atoms with Gasteiger partial charge in [-0.05, 0) is 48.5 Å². The summed E-state index contributed by atoms with van der Waals surface area (Å²) in [6.45, 7) is 4.18. The van der Waals surface area contributed by atoms with Crippen molar-refractivity contribution in [3.8, 4) is 5.69 Å². The zero-order chi connectivity index (χ0) is 23.9. The van der Waals surface area contributed by atoms with Crippen molar-refractivity contribution in [3.05, 3.63) is 84.5 Å². The number of rotatable bonds is 4. The van der Waals surface area contributed by atoms with E-state index >= 15 is 0 Å². The average Bonchev–Trinajstić information content (AvgIpc) is 3.54. The molecule has 0 radical (unpaired) electrons. The number of hydrogen-bond donors (Lipinski definition) is 0. The van der Waals surface area contributed by atoms with E-state index in [1.807, 2.05) is 39.9 Å². The zero-order valence-electron chi connectivity index (χ0n) is 19.0. The number of benzene rings is 2. The number of amides is 2. The smallest absolute Gasteiger partial charge is 0.291 e. The quantitative estimate of drug-likeness (QED) is 0.456. The molecule has 6 rings (SSSR count). The summed E-state index contributed by atoms with van der Waals surface area (Å²) >= 11 is 0. The number of halogens is 1. The van der Waals surface area contributed by atoms with Gasteiger partial charge in [0.15, 0.2) is 6.39 Å². The lowest BCUT2D eigenvalue weighted by Crippen LogP contribution is -2.64. The molecule has 4 heterocycles. The minimum Gasteiger partial charge on any atom is -0.438 e. The lowest BCUT2D eigenvalue weighted by molar-refractivity contribution is 0.00796. The second-order valence-corrected chi connectivity index (χ2v) is 8.99. The molecule has 2 aromatic carbocycles. The van der Waals surface area contributed by atoms with Crippen LogP contribution < -0.4 is 0 Å². The minimum atomic E-state index is -0.271. The Kier molecular flexibility index (Phi) is 5.33. The number of carbonyl (C=O) groups is 2. The van der Waals surface area contributed by atoms with Gasteiger partial charge < -0.3 is 18.8 Å². The zero-order valence-corrected chi connectivity index (χ0v) is 19.0. The molecule has 0 saturated carbocycles. The monoisotopic (exact) mass is 473 g/mol. The van der Waals surface area contributed by atoms with Crippen molar-refractivity contribution in [2.45, 2.75) is 6.04 Å². The number of oxazole rings is 1. The average molecular weight is 474 g/mol. The molecule has 9 heteroatoms. The van der Waals surface area contributed by atoms with Gasteiger partial charge in [0.05, 0.1) is 11.7 Å². The lowest BCUT2D eigenvalue weighted by atomic mass is 10.0. The summed E-state index contributed by atoms with van der Waals surface area (Å²) in [5.41, 5.74) is 2.50. The molecule has 2 aliphatic rings. The van der Waals surface area contributed by atoms with Crippen molar-refractivity contribution >= 4 is 22.7 Å². The molecular weight excluding hydrogens is 449 g/mol. The summed E-state index contributed by atoms with van der Waals surface area (Å²) in [5.74, 6) is -0.107. The molecule has 0 unspecified atom stereocenters. The molecule has 0 aliphatic carbocycles. The van der Waals surface area contributed by atoms with E-state index in [-0.39, 0.29) is 23.4 Å². The minimum absolute atomic E-state index is 0.0248. The largest absolute Gasteiger partial charge is 0.438 e. The van der Waals surface area contributed by atoms with Gasteiger partial charge >= 0.3 is 0 Å². The number of carbonyl (C=O) groups excluding carboxylic acids is 2. The molecule has 178 valence electrons. The van der Waals surface area contributed by atoms with E-state index in [0.29, 0.717) is 37.8 Å². The Balaban J connectivity index is 1.06. The standard InChI is InChI=1S/C26H24FN5O3/c27-20-2-4-21(5-3-20)32-8-7-18-13-19(1-6-23(18)32)25(33)31-15-22(16-31)29-9-11-30(12-10-29)26(34)24-14-28-17-35-24/h1-8,13-14,17,22H,9-12,15-16H2. The number of fused-ring (bicyclic) bond motifs is 1. The summed E-state index contributed by atoms with van der Waals surface area (Å²) in [6.07, 6.45) is 4.64. The van der Waals surface area contributed by atoms with Gasteiger partial charge in [0.1, 0.15) is 5.82 Å². The fourth-order valence-corrected chi connectivity index (χ4v) is 4.90. The molecule has 0 spiro atoms. The van der Waals surface area contributed by atoms with Gasteiger partial charge in [-0.3, -0.25) is 14.5 Å². The summed E-state index contributed by atoms with van der Waals surface area (Å²) in [5, 5.41) is 0.963. The van der Waals surface area contributed by atoms with Gasteiger partial charge in [-0.25, -0.2) is 9.37 Å². The van der Waals surface area contributed by atoms with Crippen LogP contribution in [0.5, 0.6) is 0 Å². The second kappa shape index (κ2) is 8.66. The maximum Gasteiger partial charge on any atom is 0.291 e. The highest BCUT2D eigenvalue weighted by Gasteiger charge is 2.37. The molecular formula is C26H24FN5O3. The normalized spacial score (nSPS) is 17.1. The summed E-state index contributed by atoms with van der Waals surface area (Å²) in [4.78, 5) is 35.3. The molecule has 0 bridgehead atoms. The first-order chi connectivity index (χ1) is 17.1. The lowest BCUT2D eigenvalue weighted by Gasteiger charge is -2.48. The van der Waals surface area contributed by atoms with Crippen LogP contribution in [0.2, 0.25) is 0 Å². The van der Waals surface area contributed by atoms with E-state index in [4.69, 9.17) is 4.42 Å². The van der Waals surface area contributed by atoms with Gasteiger partial charge in [-0.1, -0.05) is 0 Å². The number of piperazine rings is 1. The fourth-order valence-electron chi connectivity index (χ4n) is 4.90. The highest BCUT2D eigenvalue weighted by Crippen LogP contribution is 2.25. The third kappa shape index (κ3) is 3.97. The van der Waals surface area contributed by atoms with Crippen LogP contribution in [0.4, 0.5) is 4.39 Å². The molecule has 2 aromatic heterocycles. The first kappa shape index (κ1) is 21.5. The Morgan fingerprint density at radius 3 is 2.40 bits per heavy atom. The van der Waals surface area contributed by atoms with Crippen molar-refractivity contribution in [1.82, 2.24) is 24.3 Å². The molecule has 8 nitrogen and oxygen atoms in total. The molecule has 2 fully saturated rings. The van der Waals surface area contributed by atoms with Gasteiger partial charge in [0, 0.05) is 68.1 Å². The van der Waals surface area contributed by atoms with E-state index in [1.54, 1.807) is 17.0 Å². The van der Waals surface area contributed by atoms with E-state index in [9.17, 15) is 14.0 Å². The molecule has 2 amide bonds. The third-order valence-electron chi connectivity index (χ3n) is 6.95. The van der Waals surface area contributed by atoms with Crippen LogP contribution in [0.1, 0.15) is 20.9 Å². The SMILES string of the molecule is O=C(c1ccc2c(ccn2-c2ccc(F)cc2)c1)N1CC(N2CCN(C(=O)c3cnco3)CC2)C1. The molecule has 2 aliphatic heterocycles. The molecule has 0 N–H and O–H groups in total. The highest BCUT2D eigenvalue weighted by atomic mass is 19.1. The summed E-state index contributed by atoms with van der Waals surface area (Å²) in [7, 11) is 0. The van der Waals surface area contributed by atoms with Crippen molar-refractivity contribution in [2.75, 3.05) is 39.3 Å².